The lowest BCUT2D eigenvalue weighted by molar-refractivity contribution is 0.354. The van der Waals surface area contributed by atoms with Crippen molar-refractivity contribution in [2.24, 2.45) is 5.41 Å². The van der Waals surface area contributed by atoms with Gasteiger partial charge in [-0.25, -0.2) is 0 Å². The maximum Gasteiger partial charge on any atom is 0.0603 e. The molecule has 0 aliphatic carbocycles. The Kier molecular flexibility index (Phi) is 4.22. The molecule has 0 atom stereocenters. The molecular weight excluding hydrogens is 196 g/mol. The molecular formula is C14H24N2. The number of hydrogen-bond donors (Lipinski definition) is 2. The van der Waals surface area contributed by atoms with E-state index in [1.54, 1.807) is 0 Å². The van der Waals surface area contributed by atoms with Crippen molar-refractivity contribution in [3.63, 3.8) is 0 Å². The first kappa shape index (κ1) is 12.9. The summed E-state index contributed by atoms with van der Waals surface area (Å²) in [6, 6.07) is 6.03. The lowest BCUT2D eigenvalue weighted by Gasteiger charge is -2.26. The van der Waals surface area contributed by atoms with E-state index in [0.717, 1.165) is 17.9 Å². The van der Waals surface area contributed by atoms with Crippen molar-refractivity contribution in [2.45, 2.75) is 40.5 Å². The normalized spacial score (nSPS) is 11.5. The molecule has 0 fully saturated rings. The van der Waals surface area contributed by atoms with Gasteiger partial charge in [0.1, 0.15) is 0 Å². The fourth-order valence-electron chi connectivity index (χ4n) is 2.02. The van der Waals surface area contributed by atoms with E-state index in [0.29, 0.717) is 5.41 Å². The van der Waals surface area contributed by atoms with Gasteiger partial charge in [-0.3, -0.25) is 0 Å². The SMILES string of the molecule is CCCC(C)(C)CNc1c(C)cccc1N. The van der Waals surface area contributed by atoms with Crippen molar-refractivity contribution >= 4 is 11.4 Å². The average Bonchev–Trinajstić information content (AvgIpc) is 2.16. The number of aryl methyl sites for hydroxylation is 1. The first-order valence-corrected chi connectivity index (χ1v) is 6.05. The smallest absolute Gasteiger partial charge is 0.0603 e. The Hall–Kier alpha value is -1.18. The molecule has 16 heavy (non-hydrogen) atoms. The predicted molar refractivity (Wildman–Crippen MR) is 72.8 cm³/mol. The fraction of sp³-hybridized carbons (Fsp3) is 0.571. The molecule has 0 aliphatic heterocycles. The topological polar surface area (TPSA) is 38.0 Å². The van der Waals surface area contributed by atoms with Gasteiger partial charge in [0.15, 0.2) is 0 Å². The highest BCUT2D eigenvalue weighted by molar-refractivity contribution is 5.69. The van der Waals surface area contributed by atoms with Crippen LogP contribution in [0.25, 0.3) is 0 Å². The number of anilines is 2. The van der Waals surface area contributed by atoms with E-state index in [-0.39, 0.29) is 0 Å². The molecule has 0 spiro atoms. The van der Waals surface area contributed by atoms with Gasteiger partial charge in [0.2, 0.25) is 0 Å². The van der Waals surface area contributed by atoms with Gasteiger partial charge >= 0.3 is 0 Å². The van der Waals surface area contributed by atoms with E-state index >= 15 is 0 Å². The van der Waals surface area contributed by atoms with E-state index in [1.165, 1.54) is 18.4 Å². The van der Waals surface area contributed by atoms with Crippen LogP contribution in [0.2, 0.25) is 0 Å². The molecule has 0 saturated heterocycles. The molecule has 1 aromatic rings. The number of para-hydroxylation sites is 1. The highest BCUT2D eigenvalue weighted by Gasteiger charge is 2.16. The van der Waals surface area contributed by atoms with Gasteiger partial charge in [0, 0.05) is 6.54 Å². The van der Waals surface area contributed by atoms with Crippen LogP contribution in [0.4, 0.5) is 11.4 Å². The Labute approximate surface area is 99.2 Å². The first-order chi connectivity index (χ1) is 7.46. The number of rotatable bonds is 5. The minimum atomic E-state index is 0.323. The zero-order valence-electron chi connectivity index (χ0n) is 10.9. The maximum absolute atomic E-state index is 5.96. The van der Waals surface area contributed by atoms with Crippen LogP contribution in [0.5, 0.6) is 0 Å². The van der Waals surface area contributed by atoms with Gasteiger partial charge in [-0.2, -0.15) is 0 Å². The lowest BCUT2D eigenvalue weighted by Crippen LogP contribution is -2.23. The molecule has 0 amide bonds. The van der Waals surface area contributed by atoms with Crippen molar-refractivity contribution < 1.29 is 0 Å². The van der Waals surface area contributed by atoms with E-state index in [1.807, 2.05) is 12.1 Å². The highest BCUT2D eigenvalue weighted by atomic mass is 14.9. The van der Waals surface area contributed by atoms with Crippen molar-refractivity contribution in [2.75, 3.05) is 17.6 Å². The second kappa shape index (κ2) is 5.24. The van der Waals surface area contributed by atoms with Crippen LogP contribution < -0.4 is 11.1 Å². The van der Waals surface area contributed by atoms with Gasteiger partial charge in [-0.1, -0.05) is 39.3 Å². The minimum Gasteiger partial charge on any atom is -0.397 e. The zero-order chi connectivity index (χ0) is 12.2. The van der Waals surface area contributed by atoms with E-state index in [4.69, 9.17) is 5.73 Å². The molecule has 0 aromatic heterocycles. The number of hydrogen-bond acceptors (Lipinski definition) is 2. The molecule has 0 heterocycles. The highest BCUT2D eigenvalue weighted by Crippen LogP contribution is 2.27. The van der Waals surface area contributed by atoms with E-state index in [2.05, 4.69) is 39.1 Å². The van der Waals surface area contributed by atoms with Crippen molar-refractivity contribution in [3.05, 3.63) is 23.8 Å². The average molecular weight is 220 g/mol. The van der Waals surface area contributed by atoms with Crippen LogP contribution in [-0.4, -0.2) is 6.54 Å². The minimum absolute atomic E-state index is 0.323. The molecule has 0 saturated carbocycles. The third-order valence-corrected chi connectivity index (χ3v) is 2.98. The van der Waals surface area contributed by atoms with Gasteiger partial charge in [0.05, 0.1) is 11.4 Å². The molecule has 0 radical (unpaired) electrons. The Morgan fingerprint density at radius 3 is 2.56 bits per heavy atom. The first-order valence-electron chi connectivity index (χ1n) is 6.05. The van der Waals surface area contributed by atoms with Gasteiger partial charge in [0.25, 0.3) is 0 Å². The van der Waals surface area contributed by atoms with Gasteiger partial charge < -0.3 is 11.1 Å². The monoisotopic (exact) mass is 220 g/mol. The number of nitrogens with two attached hydrogens (primary N) is 1. The molecule has 3 N–H and O–H groups in total. The summed E-state index contributed by atoms with van der Waals surface area (Å²) < 4.78 is 0. The van der Waals surface area contributed by atoms with E-state index < -0.39 is 0 Å². The molecule has 2 nitrogen and oxygen atoms in total. The third kappa shape index (κ3) is 3.44. The molecule has 0 unspecified atom stereocenters. The van der Waals surface area contributed by atoms with Crippen LogP contribution in [-0.2, 0) is 0 Å². The Morgan fingerprint density at radius 1 is 1.31 bits per heavy atom. The standard InChI is InChI=1S/C14H24N2/c1-5-9-14(3,4)10-16-13-11(2)7-6-8-12(13)15/h6-8,16H,5,9-10,15H2,1-4H3. The largest absolute Gasteiger partial charge is 0.397 e. The summed E-state index contributed by atoms with van der Waals surface area (Å²) >= 11 is 0. The second-order valence-electron chi connectivity index (χ2n) is 5.31. The summed E-state index contributed by atoms with van der Waals surface area (Å²) in [5.74, 6) is 0. The van der Waals surface area contributed by atoms with Crippen molar-refractivity contribution in [1.29, 1.82) is 0 Å². The molecule has 1 rings (SSSR count). The maximum atomic E-state index is 5.96. The fourth-order valence-corrected chi connectivity index (χ4v) is 2.02. The second-order valence-corrected chi connectivity index (χ2v) is 5.31. The quantitative estimate of drug-likeness (QED) is 0.740. The Balaban J connectivity index is 2.68. The summed E-state index contributed by atoms with van der Waals surface area (Å²) in [6.45, 7) is 9.86. The van der Waals surface area contributed by atoms with Crippen LogP contribution >= 0.6 is 0 Å². The molecule has 1 aromatic carbocycles. The summed E-state index contributed by atoms with van der Waals surface area (Å²) in [5, 5.41) is 3.48. The van der Waals surface area contributed by atoms with Gasteiger partial charge in [-0.15, -0.1) is 0 Å². The van der Waals surface area contributed by atoms with Crippen LogP contribution in [0.15, 0.2) is 18.2 Å². The number of nitrogens with one attached hydrogen (secondary N) is 1. The summed E-state index contributed by atoms with van der Waals surface area (Å²) in [7, 11) is 0. The summed E-state index contributed by atoms with van der Waals surface area (Å²) in [5.41, 5.74) is 9.43. The van der Waals surface area contributed by atoms with E-state index in [9.17, 15) is 0 Å². The van der Waals surface area contributed by atoms with Crippen LogP contribution in [0.1, 0.15) is 39.2 Å². The third-order valence-electron chi connectivity index (χ3n) is 2.98. The zero-order valence-corrected chi connectivity index (χ0v) is 10.9. The number of benzene rings is 1. The molecule has 90 valence electrons. The Bertz CT molecular complexity index is 322. The number of nitrogen functional groups attached to an aromatic ring is 1. The van der Waals surface area contributed by atoms with Crippen LogP contribution in [0.3, 0.4) is 0 Å². The molecule has 0 aliphatic rings. The van der Waals surface area contributed by atoms with Gasteiger partial charge in [-0.05, 0) is 30.4 Å². The Morgan fingerprint density at radius 2 is 2.00 bits per heavy atom. The predicted octanol–water partition coefficient (Wildman–Crippen LogP) is 3.82. The summed E-state index contributed by atoms with van der Waals surface area (Å²) in [6.07, 6.45) is 2.45. The summed E-state index contributed by atoms with van der Waals surface area (Å²) in [4.78, 5) is 0. The lowest BCUT2D eigenvalue weighted by atomic mass is 9.88. The van der Waals surface area contributed by atoms with Crippen molar-refractivity contribution in [1.82, 2.24) is 0 Å². The van der Waals surface area contributed by atoms with Crippen molar-refractivity contribution in [3.8, 4) is 0 Å². The molecule has 2 heteroatoms. The van der Waals surface area contributed by atoms with Crippen LogP contribution in [0, 0.1) is 12.3 Å². The molecule has 0 bridgehead atoms.